The van der Waals surface area contributed by atoms with Crippen molar-refractivity contribution in [2.45, 2.75) is 31.7 Å². The number of aliphatic carboxylic acids is 1. The molecule has 13 nitrogen and oxygen atoms in total. The first-order valence-corrected chi connectivity index (χ1v) is 10.8. The maximum Gasteiger partial charge on any atom is 0.435 e. The molecule has 0 spiro atoms. The number of rotatable bonds is 9. The fourth-order valence-corrected chi connectivity index (χ4v) is 3.76. The number of nitrogens with two attached hydrogens (primary N) is 1. The lowest BCUT2D eigenvalue weighted by atomic mass is 10.1. The predicted octanol–water partition coefficient (Wildman–Crippen LogP) is 0.316. The summed E-state index contributed by atoms with van der Waals surface area (Å²) in [5.41, 5.74) is 3.00. The molecule has 0 saturated carbocycles. The van der Waals surface area contributed by atoms with Gasteiger partial charge in [-0.3, -0.25) is 14.1 Å². The Balaban J connectivity index is 2.12. The van der Waals surface area contributed by atoms with E-state index in [0.29, 0.717) is 0 Å². The normalized spacial score (nSPS) is 19.2. The molecular formula is C14H17F3N5O8PS. The number of carbonyl (C=O) groups excluding carboxylic acids is 2. The minimum absolute atomic E-state index is 0.0342. The van der Waals surface area contributed by atoms with Gasteiger partial charge in [-0.25, -0.2) is 19.0 Å². The van der Waals surface area contributed by atoms with Crippen LogP contribution >= 0.6 is 19.1 Å². The monoisotopic (exact) mass is 503 g/mol. The van der Waals surface area contributed by atoms with E-state index in [9.17, 15) is 37.0 Å². The van der Waals surface area contributed by atoms with Crippen molar-refractivity contribution < 1.29 is 51.5 Å². The third-order valence-corrected chi connectivity index (χ3v) is 5.88. The summed E-state index contributed by atoms with van der Waals surface area (Å²) in [4.78, 5) is 54.0. The predicted molar refractivity (Wildman–Crippen MR) is 101 cm³/mol. The Bertz CT molecular complexity index is 997. The van der Waals surface area contributed by atoms with Gasteiger partial charge in [0.25, 0.3) is 11.8 Å². The number of alkyl halides is 3. The number of hydrogen-bond acceptors (Lipinski definition) is 10. The second kappa shape index (κ2) is 9.01. The van der Waals surface area contributed by atoms with Gasteiger partial charge in [0.2, 0.25) is 5.60 Å². The van der Waals surface area contributed by atoms with E-state index in [-0.39, 0.29) is 15.5 Å². The van der Waals surface area contributed by atoms with Gasteiger partial charge in [-0.1, -0.05) is 5.16 Å². The number of oxime groups is 1. The van der Waals surface area contributed by atoms with E-state index in [1.165, 1.54) is 5.38 Å². The van der Waals surface area contributed by atoms with Gasteiger partial charge in [0, 0.05) is 5.38 Å². The molecule has 1 aliphatic rings. The van der Waals surface area contributed by atoms with Crippen molar-refractivity contribution in [3.63, 3.8) is 0 Å². The molecule has 1 aromatic rings. The highest BCUT2D eigenvalue weighted by molar-refractivity contribution is 7.51. The van der Waals surface area contributed by atoms with Gasteiger partial charge in [-0.05, 0) is 13.8 Å². The number of nitrogens with one attached hydrogen (secondary N) is 1. The van der Waals surface area contributed by atoms with Crippen molar-refractivity contribution in [1.29, 1.82) is 0 Å². The van der Waals surface area contributed by atoms with E-state index in [1.807, 2.05) is 0 Å². The Labute approximate surface area is 181 Å². The fraction of sp³-hybridized carbons (Fsp3) is 0.500. The molecule has 18 heteroatoms. The summed E-state index contributed by atoms with van der Waals surface area (Å²) in [6, 6.07) is -1.40. The molecule has 0 aromatic carbocycles. The highest BCUT2D eigenvalue weighted by Crippen LogP contribution is 2.50. The molecule has 1 unspecified atom stereocenters. The van der Waals surface area contributed by atoms with Crippen LogP contribution in [-0.4, -0.2) is 74.1 Å². The Morgan fingerprint density at radius 2 is 2.09 bits per heavy atom. The largest absolute Gasteiger partial charge is 0.478 e. The molecule has 0 radical (unpaired) electrons. The number of β-lactam (4-membered cyclic amide) rings is 1. The number of hydrogen-bond donors (Lipinski definition) is 4. The third-order valence-electron chi connectivity index (χ3n) is 3.77. The number of amides is 2. The zero-order chi connectivity index (χ0) is 24.5. The SMILES string of the molecule is CC(C)(ON=C(C(=O)N[C@H]1CN(P(=O)(O)OCC(F)(F)F)C1=O)c1csc(N)n1)C(=O)O. The molecule has 5 N–H and O–H groups in total. The van der Waals surface area contributed by atoms with E-state index in [2.05, 4.69) is 20.0 Å². The van der Waals surface area contributed by atoms with Crippen molar-refractivity contribution in [3.8, 4) is 0 Å². The molecule has 1 aromatic heterocycles. The molecule has 32 heavy (non-hydrogen) atoms. The average molecular weight is 503 g/mol. The number of carboxylic acid groups (broad SMARTS) is 1. The van der Waals surface area contributed by atoms with Crippen LogP contribution in [0.4, 0.5) is 18.3 Å². The van der Waals surface area contributed by atoms with Gasteiger partial charge >= 0.3 is 19.9 Å². The number of aromatic nitrogens is 1. The molecule has 2 atom stereocenters. The summed E-state index contributed by atoms with van der Waals surface area (Å²) in [5, 5.41) is 16.0. The van der Waals surface area contributed by atoms with E-state index >= 15 is 0 Å². The lowest BCUT2D eigenvalue weighted by molar-refractivity contribution is -0.161. The van der Waals surface area contributed by atoms with Crippen molar-refractivity contribution in [2.24, 2.45) is 5.16 Å². The molecule has 2 rings (SSSR count). The molecule has 178 valence electrons. The summed E-state index contributed by atoms with van der Waals surface area (Å²) in [5.74, 6) is -3.67. The van der Waals surface area contributed by atoms with Gasteiger partial charge in [-0.15, -0.1) is 11.3 Å². The highest BCUT2D eigenvalue weighted by Gasteiger charge is 2.50. The summed E-state index contributed by atoms with van der Waals surface area (Å²) in [6.07, 6.45) is -4.90. The third kappa shape index (κ3) is 6.15. The minimum Gasteiger partial charge on any atom is -0.478 e. The summed E-state index contributed by atoms with van der Waals surface area (Å²) < 4.78 is 52.4. The number of anilines is 1. The lowest BCUT2D eigenvalue weighted by Gasteiger charge is -2.39. The lowest BCUT2D eigenvalue weighted by Crippen LogP contribution is -2.63. The zero-order valence-corrected chi connectivity index (χ0v) is 18.0. The maximum absolute atomic E-state index is 12.6. The topological polar surface area (TPSA) is 194 Å². The van der Waals surface area contributed by atoms with E-state index in [1.54, 1.807) is 0 Å². The Morgan fingerprint density at radius 1 is 1.47 bits per heavy atom. The van der Waals surface area contributed by atoms with E-state index < -0.39 is 62.2 Å². The number of nitrogen functional groups attached to an aromatic ring is 1. The van der Waals surface area contributed by atoms with Crippen molar-refractivity contribution >= 4 is 47.7 Å². The van der Waals surface area contributed by atoms with Gasteiger partial charge in [0.05, 0.1) is 6.54 Å². The molecule has 1 aliphatic heterocycles. The van der Waals surface area contributed by atoms with Crippen LogP contribution in [0.1, 0.15) is 19.5 Å². The smallest absolute Gasteiger partial charge is 0.435 e. The Hall–Kier alpha value is -2.75. The molecular weight excluding hydrogens is 486 g/mol. The van der Waals surface area contributed by atoms with Crippen LogP contribution in [0.3, 0.4) is 0 Å². The van der Waals surface area contributed by atoms with Gasteiger partial charge < -0.3 is 25.9 Å². The van der Waals surface area contributed by atoms with Crippen LogP contribution in [0.25, 0.3) is 0 Å². The quantitative estimate of drug-likeness (QED) is 0.158. The van der Waals surface area contributed by atoms with Gasteiger partial charge in [-0.2, -0.15) is 13.2 Å². The van der Waals surface area contributed by atoms with Gasteiger partial charge in [0.15, 0.2) is 17.5 Å². The molecule has 0 bridgehead atoms. The van der Waals surface area contributed by atoms with Crippen LogP contribution in [0, 0.1) is 0 Å². The second-order valence-corrected chi connectivity index (χ2v) is 9.36. The summed E-state index contributed by atoms with van der Waals surface area (Å²) >= 11 is 0.921. The van der Waals surface area contributed by atoms with Crippen LogP contribution in [-0.2, 0) is 28.3 Å². The molecule has 1 saturated heterocycles. The number of halogens is 3. The molecule has 0 aliphatic carbocycles. The minimum atomic E-state index is -5.09. The molecule has 1 fully saturated rings. The first-order valence-electron chi connectivity index (χ1n) is 8.41. The van der Waals surface area contributed by atoms with Gasteiger partial charge in [0.1, 0.15) is 11.7 Å². The zero-order valence-electron chi connectivity index (χ0n) is 16.3. The number of thiazole rings is 1. The van der Waals surface area contributed by atoms with Crippen LogP contribution in [0.15, 0.2) is 10.5 Å². The summed E-state index contributed by atoms with van der Waals surface area (Å²) in [6.45, 7) is -0.391. The molecule has 2 amide bonds. The first kappa shape index (κ1) is 25.5. The average Bonchev–Trinajstić information content (AvgIpc) is 3.08. The standard InChI is InChI=1S/C14H17F3N5O8PS/c1-13(2,11(25)26)30-21-8(7-4-32-12(18)20-7)9(23)19-6-3-22(10(6)24)31(27,28)29-5-14(15,16)17/h4,6H,3,5H2,1-2H3,(H2,18,20)(H,19,23)(H,25,26)(H,27,28)/t6-/m0/s1. The molecule has 2 heterocycles. The highest BCUT2D eigenvalue weighted by atomic mass is 32.1. The summed E-state index contributed by atoms with van der Waals surface area (Å²) in [7, 11) is -5.09. The van der Waals surface area contributed by atoms with E-state index in [4.69, 9.17) is 15.7 Å². The van der Waals surface area contributed by atoms with Crippen LogP contribution in [0.5, 0.6) is 0 Å². The Kier molecular flexibility index (Phi) is 7.18. The number of nitrogens with zero attached hydrogens (tertiary/aromatic N) is 3. The van der Waals surface area contributed by atoms with Crippen LogP contribution in [0.2, 0.25) is 0 Å². The van der Waals surface area contributed by atoms with Crippen molar-refractivity contribution in [3.05, 3.63) is 11.1 Å². The number of carbonyl (C=O) groups is 3. The van der Waals surface area contributed by atoms with Crippen LogP contribution < -0.4 is 11.1 Å². The van der Waals surface area contributed by atoms with E-state index in [0.717, 1.165) is 25.2 Å². The Morgan fingerprint density at radius 3 is 2.56 bits per heavy atom. The first-order chi connectivity index (χ1) is 14.5. The van der Waals surface area contributed by atoms with Crippen molar-refractivity contribution in [1.82, 2.24) is 15.0 Å². The number of carboxylic acids is 1. The van der Waals surface area contributed by atoms with Crippen molar-refractivity contribution in [2.75, 3.05) is 18.9 Å². The maximum atomic E-state index is 12.6. The second-order valence-electron chi connectivity index (χ2n) is 6.74. The fourth-order valence-electron chi connectivity index (χ4n) is 2.00.